The average molecular weight is 273 g/mol. The Labute approximate surface area is 119 Å². The SMILES string of the molecule is C=C(C)C(=O)OC.NC(=O)C=CC=Cc1ccccc1. The molecule has 0 fully saturated rings. The largest absolute Gasteiger partial charge is 0.466 e. The van der Waals surface area contributed by atoms with Gasteiger partial charge in [-0.3, -0.25) is 4.79 Å². The van der Waals surface area contributed by atoms with Gasteiger partial charge in [0, 0.05) is 11.6 Å². The summed E-state index contributed by atoms with van der Waals surface area (Å²) >= 11 is 0. The van der Waals surface area contributed by atoms with Crippen molar-refractivity contribution < 1.29 is 14.3 Å². The van der Waals surface area contributed by atoms with E-state index in [1.54, 1.807) is 19.1 Å². The average Bonchev–Trinajstić information content (AvgIpc) is 2.44. The lowest BCUT2D eigenvalue weighted by Crippen LogP contribution is -2.04. The van der Waals surface area contributed by atoms with E-state index in [4.69, 9.17) is 5.73 Å². The number of esters is 1. The standard InChI is InChI=1S/C11H11NO.C5H8O2/c12-11(13)9-5-4-8-10-6-2-1-3-7-10;1-4(2)5(6)7-3/h1-9H,(H2,12,13);1H2,2-3H3. The summed E-state index contributed by atoms with van der Waals surface area (Å²) in [5, 5.41) is 0. The maximum atomic E-state index is 10.3. The topological polar surface area (TPSA) is 69.4 Å². The first kappa shape index (κ1) is 17.4. The van der Waals surface area contributed by atoms with E-state index in [1.807, 2.05) is 36.4 Å². The smallest absolute Gasteiger partial charge is 0.332 e. The number of ether oxygens (including phenoxy) is 1. The molecule has 0 heterocycles. The Kier molecular flexibility index (Phi) is 8.96. The van der Waals surface area contributed by atoms with E-state index in [1.165, 1.54) is 13.2 Å². The summed E-state index contributed by atoms with van der Waals surface area (Å²) in [4.78, 5) is 20.5. The van der Waals surface area contributed by atoms with E-state index in [2.05, 4.69) is 11.3 Å². The molecule has 1 amide bonds. The van der Waals surface area contributed by atoms with Crippen molar-refractivity contribution in [2.24, 2.45) is 5.73 Å². The normalized spacial score (nSPS) is 9.90. The van der Waals surface area contributed by atoms with Crippen molar-refractivity contribution in [3.8, 4) is 0 Å². The van der Waals surface area contributed by atoms with Crippen molar-refractivity contribution in [3.05, 3.63) is 66.3 Å². The van der Waals surface area contributed by atoms with E-state index in [0.717, 1.165) is 5.56 Å². The number of nitrogens with two attached hydrogens (primary N) is 1. The fourth-order valence-electron chi connectivity index (χ4n) is 1.06. The van der Waals surface area contributed by atoms with Crippen molar-refractivity contribution >= 4 is 18.0 Å². The summed E-state index contributed by atoms with van der Waals surface area (Å²) in [6, 6.07) is 9.83. The van der Waals surface area contributed by atoms with Gasteiger partial charge >= 0.3 is 5.97 Å². The Hall–Kier alpha value is -2.62. The molecule has 0 aliphatic rings. The van der Waals surface area contributed by atoms with Crippen molar-refractivity contribution in [1.29, 1.82) is 0 Å². The van der Waals surface area contributed by atoms with Crippen LogP contribution >= 0.6 is 0 Å². The van der Waals surface area contributed by atoms with E-state index in [-0.39, 0.29) is 5.97 Å². The van der Waals surface area contributed by atoms with Crippen LogP contribution in [0.1, 0.15) is 12.5 Å². The summed E-state index contributed by atoms with van der Waals surface area (Å²) < 4.78 is 4.27. The predicted molar refractivity (Wildman–Crippen MR) is 80.6 cm³/mol. The Balaban J connectivity index is 0.000000441. The van der Waals surface area contributed by atoms with Gasteiger partial charge in [0.2, 0.25) is 5.91 Å². The minimum absolute atomic E-state index is 0.347. The molecular weight excluding hydrogens is 254 g/mol. The summed E-state index contributed by atoms with van der Waals surface area (Å²) in [5.41, 5.74) is 6.44. The van der Waals surface area contributed by atoms with E-state index < -0.39 is 5.91 Å². The van der Waals surface area contributed by atoms with Crippen LogP contribution in [-0.4, -0.2) is 19.0 Å². The molecule has 4 nitrogen and oxygen atoms in total. The van der Waals surface area contributed by atoms with Crippen LogP contribution in [0, 0.1) is 0 Å². The highest BCUT2D eigenvalue weighted by molar-refractivity contribution is 5.86. The number of rotatable bonds is 4. The van der Waals surface area contributed by atoms with Crippen LogP contribution in [0.2, 0.25) is 0 Å². The van der Waals surface area contributed by atoms with Gasteiger partial charge in [-0.2, -0.15) is 0 Å². The van der Waals surface area contributed by atoms with Crippen LogP contribution in [-0.2, 0) is 14.3 Å². The van der Waals surface area contributed by atoms with Crippen molar-refractivity contribution in [2.45, 2.75) is 6.92 Å². The van der Waals surface area contributed by atoms with Crippen LogP contribution in [0.25, 0.3) is 6.08 Å². The van der Waals surface area contributed by atoms with Gasteiger partial charge in [-0.25, -0.2) is 4.79 Å². The molecule has 106 valence electrons. The molecule has 1 aromatic rings. The van der Waals surface area contributed by atoms with Gasteiger partial charge in [-0.15, -0.1) is 0 Å². The Morgan fingerprint density at radius 3 is 2.20 bits per heavy atom. The van der Waals surface area contributed by atoms with Gasteiger partial charge in [-0.05, 0) is 12.5 Å². The molecule has 2 N–H and O–H groups in total. The zero-order valence-electron chi connectivity index (χ0n) is 11.7. The molecule has 1 aromatic carbocycles. The van der Waals surface area contributed by atoms with Crippen molar-refractivity contribution in [1.82, 2.24) is 0 Å². The fourth-order valence-corrected chi connectivity index (χ4v) is 1.06. The molecule has 0 aliphatic carbocycles. The second-order valence-corrected chi connectivity index (χ2v) is 3.80. The summed E-state index contributed by atoms with van der Waals surface area (Å²) in [7, 11) is 1.33. The number of primary amides is 1. The zero-order valence-corrected chi connectivity index (χ0v) is 11.7. The predicted octanol–water partition coefficient (Wildman–Crippen LogP) is 2.48. The quantitative estimate of drug-likeness (QED) is 0.520. The number of benzene rings is 1. The molecule has 0 bridgehead atoms. The highest BCUT2D eigenvalue weighted by Crippen LogP contribution is 2.00. The number of carbonyl (C=O) groups is 2. The third-order valence-electron chi connectivity index (χ3n) is 1.99. The van der Waals surface area contributed by atoms with E-state index >= 15 is 0 Å². The van der Waals surface area contributed by atoms with Crippen molar-refractivity contribution in [3.63, 3.8) is 0 Å². The number of hydrogen-bond acceptors (Lipinski definition) is 3. The molecule has 0 unspecified atom stereocenters. The second kappa shape index (κ2) is 10.3. The molecule has 0 saturated carbocycles. The molecule has 0 atom stereocenters. The molecule has 4 heteroatoms. The number of amides is 1. The Bertz CT molecular complexity index is 502. The monoisotopic (exact) mass is 273 g/mol. The van der Waals surface area contributed by atoms with Crippen LogP contribution in [0.3, 0.4) is 0 Å². The second-order valence-electron chi connectivity index (χ2n) is 3.80. The third kappa shape index (κ3) is 9.41. The molecular formula is C16H19NO3. The molecule has 0 aromatic heterocycles. The molecule has 0 spiro atoms. The minimum Gasteiger partial charge on any atom is -0.466 e. The molecule has 20 heavy (non-hydrogen) atoms. The lowest BCUT2D eigenvalue weighted by Gasteiger charge is -1.91. The maximum Gasteiger partial charge on any atom is 0.332 e. The highest BCUT2D eigenvalue weighted by Gasteiger charge is 1.95. The molecule has 0 aliphatic heterocycles. The minimum atomic E-state index is -0.433. The van der Waals surface area contributed by atoms with E-state index in [9.17, 15) is 9.59 Å². The first-order valence-electron chi connectivity index (χ1n) is 5.90. The lowest BCUT2D eigenvalue weighted by molar-refractivity contribution is -0.136. The molecule has 0 radical (unpaired) electrons. The van der Waals surface area contributed by atoms with Gasteiger partial charge < -0.3 is 10.5 Å². The van der Waals surface area contributed by atoms with Crippen LogP contribution in [0.4, 0.5) is 0 Å². The summed E-state index contributed by atoms with van der Waals surface area (Å²) in [5.74, 6) is -0.780. The van der Waals surface area contributed by atoms with Crippen molar-refractivity contribution in [2.75, 3.05) is 7.11 Å². The zero-order chi connectivity index (χ0) is 15.4. The number of allylic oxidation sites excluding steroid dienone is 2. The number of methoxy groups -OCH3 is 1. The molecule has 1 rings (SSSR count). The lowest BCUT2D eigenvalue weighted by atomic mass is 10.2. The number of carbonyl (C=O) groups excluding carboxylic acids is 2. The summed E-state index contributed by atoms with van der Waals surface area (Å²) in [6.45, 7) is 4.95. The van der Waals surface area contributed by atoms with Gasteiger partial charge in [0.1, 0.15) is 0 Å². The van der Waals surface area contributed by atoms with E-state index in [0.29, 0.717) is 5.57 Å². The maximum absolute atomic E-state index is 10.3. The first-order chi connectivity index (χ1) is 9.47. The number of hydrogen-bond donors (Lipinski definition) is 1. The van der Waals surface area contributed by atoms with Gasteiger partial charge in [0.05, 0.1) is 7.11 Å². The molecule has 0 saturated heterocycles. The van der Waals surface area contributed by atoms with Crippen LogP contribution in [0.15, 0.2) is 60.7 Å². The first-order valence-corrected chi connectivity index (χ1v) is 5.90. The third-order valence-corrected chi connectivity index (χ3v) is 1.99. The Morgan fingerprint density at radius 2 is 1.80 bits per heavy atom. The fraction of sp³-hybridized carbons (Fsp3) is 0.125. The van der Waals surface area contributed by atoms with Gasteiger partial charge in [0.25, 0.3) is 0 Å². The Morgan fingerprint density at radius 1 is 1.20 bits per heavy atom. The highest BCUT2D eigenvalue weighted by atomic mass is 16.5. The van der Waals surface area contributed by atoms with Crippen LogP contribution < -0.4 is 5.73 Å². The van der Waals surface area contributed by atoms with Crippen LogP contribution in [0.5, 0.6) is 0 Å². The summed E-state index contributed by atoms with van der Waals surface area (Å²) in [6.07, 6.45) is 6.62. The van der Waals surface area contributed by atoms with Gasteiger partial charge in [0.15, 0.2) is 0 Å². The van der Waals surface area contributed by atoms with Gasteiger partial charge in [-0.1, -0.05) is 55.1 Å².